The molecule has 0 saturated heterocycles. The van der Waals surface area contributed by atoms with Crippen LogP contribution in [0.3, 0.4) is 0 Å². The molecule has 1 aliphatic carbocycles. The molecule has 0 bridgehead atoms. The van der Waals surface area contributed by atoms with E-state index < -0.39 is 10.0 Å². The largest absolute Gasteiger partial charge is 0.212 e. The van der Waals surface area contributed by atoms with Gasteiger partial charge < -0.3 is 0 Å². The van der Waals surface area contributed by atoms with Crippen LogP contribution >= 0.6 is 0 Å². The maximum atomic E-state index is 12.0. The van der Waals surface area contributed by atoms with Gasteiger partial charge in [0.1, 0.15) is 0 Å². The molecule has 1 fully saturated rings. The topological polar surface area (TPSA) is 70.0 Å². The summed E-state index contributed by atoms with van der Waals surface area (Å²) in [6.07, 6.45) is 2.98. The third-order valence-corrected chi connectivity index (χ3v) is 4.92. The SMILES string of the molecule is N#CC1CCCC1NS(=O)(=O)CCc1ccccc1. The van der Waals surface area contributed by atoms with Crippen LogP contribution in [0.15, 0.2) is 30.3 Å². The van der Waals surface area contributed by atoms with E-state index >= 15 is 0 Å². The van der Waals surface area contributed by atoms with Gasteiger partial charge in [0.05, 0.1) is 17.7 Å². The predicted octanol–water partition coefficient (Wildman–Crippen LogP) is 1.84. The standard InChI is InChI=1S/C14H18N2O2S/c15-11-13-7-4-8-14(13)16-19(17,18)10-9-12-5-2-1-3-6-12/h1-3,5-6,13-14,16H,4,7-10H2. The van der Waals surface area contributed by atoms with Crippen LogP contribution < -0.4 is 4.72 Å². The molecule has 1 aromatic rings. The number of hydrogen-bond donors (Lipinski definition) is 1. The Hall–Kier alpha value is -1.38. The summed E-state index contributed by atoms with van der Waals surface area (Å²) in [7, 11) is -3.31. The lowest BCUT2D eigenvalue weighted by Gasteiger charge is -2.15. The maximum absolute atomic E-state index is 12.0. The molecule has 0 amide bonds. The van der Waals surface area contributed by atoms with Gasteiger partial charge in [-0.15, -0.1) is 0 Å². The minimum atomic E-state index is -3.31. The number of sulfonamides is 1. The van der Waals surface area contributed by atoms with Crippen molar-refractivity contribution in [3.63, 3.8) is 0 Å². The van der Waals surface area contributed by atoms with Crippen molar-refractivity contribution in [2.75, 3.05) is 5.75 Å². The summed E-state index contributed by atoms with van der Waals surface area (Å²) in [5, 5.41) is 8.96. The van der Waals surface area contributed by atoms with E-state index in [0.29, 0.717) is 6.42 Å². The van der Waals surface area contributed by atoms with Gasteiger partial charge in [-0.05, 0) is 24.8 Å². The van der Waals surface area contributed by atoms with Crippen LogP contribution in [-0.2, 0) is 16.4 Å². The lowest BCUT2D eigenvalue weighted by molar-refractivity contribution is 0.515. The first-order valence-electron chi connectivity index (χ1n) is 6.54. The summed E-state index contributed by atoms with van der Waals surface area (Å²) in [6, 6.07) is 11.5. The van der Waals surface area contributed by atoms with E-state index in [-0.39, 0.29) is 17.7 Å². The summed E-state index contributed by atoms with van der Waals surface area (Å²) < 4.78 is 26.7. The van der Waals surface area contributed by atoms with Crippen LogP contribution in [0.4, 0.5) is 0 Å². The smallest absolute Gasteiger partial charge is 0.212 e. The third-order valence-electron chi connectivity index (χ3n) is 3.52. The molecule has 1 aliphatic rings. The average molecular weight is 278 g/mol. The van der Waals surface area contributed by atoms with Crippen molar-refractivity contribution in [2.45, 2.75) is 31.7 Å². The van der Waals surface area contributed by atoms with Gasteiger partial charge >= 0.3 is 0 Å². The number of benzene rings is 1. The van der Waals surface area contributed by atoms with E-state index in [9.17, 15) is 8.42 Å². The van der Waals surface area contributed by atoms with Crippen molar-refractivity contribution in [3.8, 4) is 6.07 Å². The van der Waals surface area contributed by atoms with Crippen LogP contribution in [-0.4, -0.2) is 20.2 Å². The van der Waals surface area contributed by atoms with Crippen LogP contribution in [0.25, 0.3) is 0 Å². The molecule has 0 spiro atoms. The van der Waals surface area contributed by atoms with Crippen molar-refractivity contribution in [1.82, 2.24) is 4.72 Å². The van der Waals surface area contributed by atoms with E-state index in [1.54, 1.807) is 0 Å². The Balaban J connectivity index is 1.91. The average Bonchev–Trinajstić information content (AvgIpc) is 2.84. The molecule has 0 heterocycles. The van der Waals surface area contributed by atoms with Crippen molar-refractivity contribution in [3.05, 3.63) is 35.9 Å². The molecule has 1 saturated carbocycles. The molecule has 5 heteroatoms. The Kier molecular flexibility index (Phi) is 4.56. The van der Waals surface area contributed by atoms with Gasteiger partial charge in [0.15, 0.2) is 0 Å². The van der Waals surface area contributed by atoms with E-state index in [2.05, 4.69) is 10.8 Å². The number of nitrogens with zero attached hydrogens (tertiary/aromatic N) is 1. The molecule has 0 aliphatic heterocycles. The fraction of sp³-hybridized carbons (Fsp3) is 0.500. The normalized spacial score (nSPS) is 23.1. The molecule has 1 aromatic carbocycles. The molecular formula is C14H18N2O2S. The first kappa shape index (κ1) is 14.0. The monoisotopic (exact) mass is 278 g/mol. The Bertz CT molecular complexity index is 549. The van der Waals surface area contributed by atoms with Crippen molar-refractivity contribution in [2.24, 2.45) is 5.92 Å². The second-order valence-electron chi connectivity index (χ2n) is 4.95. The molecular weight excluding hydrogens is 260 g/mol. The predicted molar refractivity (Wildman–Crippen MR) is 73.8 cm³/mol. The molecule has 2 unspecified atom stereocenters. The molecule has 19 heavy (non-hydrogen) atoms. The number of nitrogens with one attached hydrogen (secondary N) is 1. The van der Waals surface area contributed by atoms with Crippen molar-refractivity contribution in [1.29, 1.82) is 5.26 Å². The van der Waals surface area contributed by atoms with Gasteiger partial charge in [-0.1, -0.05) is 36.8 Å². The molecule has 0 aromatic heterocycles. The van der Waals surface area contributed by atoms with Crippen LogP contribution in [0.2, 0.25) is 0 Å². The fourth-order valence-corrected chi connectivity index (χ4v) is 3.81. The highest BCUT2D eigenvalue weighted by Gasteiger charge is 2.30. The first-order valence-corrected chi connectivity index (χ1v) is 8.19. The number of rotatable bonds is 5. The van der Waals surface area contributed by atoms with E-state index in [0.717, 1.165) is 24.8 Å². The van der Waals surface area contributed by atoms with Gasteiger partial charge in [0.2, 0.25) is 10.0 Å². The minimum absolute atomic E-state index is 0.0751. The molecule has 0 radical (unpaired) electrons. The summed E-state index contributed by atoms with van der Waals surface area (Å²) in [6.45, 7) is 0. The van der Waals surface area contributed by atoms with Gasteiger partial charge in [-0.3, -0.25) is 0 Å². The Morgan fingerprint density at radius 1 is 1.26 bits per heavy atom. The van der Waals surface area contributed by atoms with Crippen molar-refractivity contribution >= 4 is 10.0 Å². The zero-order valence-corrected chi connectivity index (χ0v) is 11.6. The highest BCUT2D eigenvalue weighted by molar-refractivity contribution is 7.89. The Labute approximate surface area is 114 Å². The summed E-state index contributed by atoms with van der Waals surface area (Å²) in [4.78, 5) is 0. The van der Waals surface area contributed by atoms with Crippen molar-refractivity contribution < 1.29 is 8.42 Å². The maximum Gasteiger partial charge on any atom is 0.212 e. The number of aryl methyl sites for hydroxylation is 1. The lowest BCUT2D eigenvalue weighted by Crippen LogP contribution is -2.38. The highest BCUT2D eigenvalue weighted by Crippen LogP contribution is 2.25. The summed E-state index contributed by atoms with van der Waals surface area (Å²) >= 11 is 0. The van der Waals surface area contributed by atoms with Crippen LogP contribution in [0.1, 0.15) is 24.8 Å². The first-order chi connectivity index (χ1) is 9.11. The molecule has 2 atom stereocenters. The van der Waals surface area contributed by atoms with Gasteiger partial charge in [-0.2, -0.15) is 5.26 Å². The fourth-order valence-electron chi connectivity index (χ4n) is 2.44. The lowest BCUT2D eigenvalue weighted by atomic mass is 10.1. The molecule has 4 nitrogen and oxygen atoms in total. The molecule has 1 N–H and O–H groups in total. The van der Waals surface area contributed by atoms with Gasteiger partial charge in [0.25, 0.3) is 0 Å². The second kappa shape index (κ2) is 6.18. The Morgan fingerprint density at radius 3 is 2.68 bits per heavy atom. The van der Waals surface area contributed by atoms with Gasteiger partial charge in [0, 0.05) is 6.04 Å². The zero-order chi connectivity index (χ0) is 13.7. The number of hydrogen-bond acceptors (Lipinski definition) is 3. The van der Waals surface area contributed by atoms with E-state index in [1.165, 1.54) is 0 Å². The van der Waals surface area contributed by atoms with Crippen LogP contribution in [0.5, 0.6) is 0 Å². The summed E-state index contributed by atoms with van der Waals surface area (Å²) in [5.41, 5.74) is 1.01. The zero-order valence-electron chi connectivity index (χ0n) is 10.7. The van der Waals surface area contributed by atoms with E-state index in [1.807, 2.05) is 30.3 Å². The van der Waals surface area contributed by atoms with Crippen LogP contribution in [0, 0.1) is 17.2 Å². The highest BCUT2D eigenvalue weighted by atomic mass is 32.2. The molecule has 102 valence electrons. The third kappa shape index (κ3) is 4.05. The van der Waals surface area contributed by atoms with E-state index in [4.69, 9.17) is 5.26 Å². The van der Waals surface area contributed by atoms with Gasteiger partial charge in [-0.25, -0.2) is 13.1 Å². The number of nitriles is 1. The minimum Gasteiger partial charge on any atom is -0.212 e. The molecule has 2 rings (SSSR count). The Morgan fingerprint density at radius 2 is 2.00 bits per heavy atom. The quantitative estimate of drug-likeness (QED) is 0.893. The summed E-state index contributed by atoms with van der Waals surface area (Å²) in [5.74, 6) is -0.0995. The second-order valence-corrected chi connectivity index (χ2v) is 6.82.